The quantitative estimate of drug-likeness (QED) is 0.362. The summed E-state index contributed by atoms with van der Waals surface area (Å²) < 4.78 is 40.8. The van der Waals surface area contributed by atoms with Gasteiger partial charge >= 0.3 is 0 Å². The van der Waals surface area contributed by atoms with Gasteiger partial charge in [-0.25, -0.2) is 8.78 Å². The molecule has 6 rings (SSSR count). The number of fused-ring (bicyclic) bond motifs is 1. The van der Waals surface area contributed by atoms with E-state index >= 15 is 0 Å². The molecule has 0 bridgehead atoms. The van der Waals surface area contributed by atoms with Crippen molar-refractivity contribution in [3.63, 3.8) is 0 Å². The third-order valence-electron chi connectivity index (χ3n) is 7.06. The molecule has 0 aliphatic carbocycles. The highest BCUT2D eigenvalue weighted by molar-refractivity contribution is 7.14. The SMILES string of the molecule is CCN1C(=O)c2c(OCc3ccccc3)c(=O)c(-c3nnc(Cc4ccc(F)cc4F)s3)cn2NC12CCOC2. The van der Waals surface area contributed by atoms with Crippen LogP contribution in [-0.4, -0.2) is 51.1 Å². The Hall–Kier alpha value is -4.16. The molecule has 1 atom stereocenters. The lowest BCUT2D eigenvalue weighted by molar-refractivity contribution is 0.0386. The second-order valence-electron chi connectivity index (χ2n) is 9.60. The van der Waals surface area contributed by atoms with Gasteiger partial charge in [0.05, 0.1) is 18.8 Å². The van der Waals surface area contributed by atoms with Gasteiger partial charge in [0.2, 0.25) is 5.43 Å². The Kier molecular flexibility index (Phi) is 6.80. The number of carbonyl (C=O) groups is 1. The first-order valence-corrected chi connectivity index (χ1v) is 13.6. The second-order valence-corrected chi connectivity index (χ2v) is 10.7. The van der Waals surface area contributed by atoms with Gasteiger partial charge in [-0.2, -0.15) is 0 Å². The number of aromatic nitrogens is 3. The number of carbonyl (C=O) groups excluding carboxylic acids is 1. The molecule has 12 heteroatoms. The van der Waals surface area contributed by atoms with Crippen LogP contribution < -0.4 is 15.6 Å². The van der Waals surface area contributed by atoms with E-state index in [0.717, 1.165) is 23.0 Å². The molecule has 4 heterocycles. The predicted molar refractivity (Wildman–Crippen MR) is 144 cm³/mol. The summed E-state index contributed by atoms with van der Waals surface area (Å²) in [5.41, 5.74) is 3.45. The number of halogens is 2. The minimum atomic E-state index is -0.770. The first-order valence-electron chi connectivity index (χ1n) is 12.8. The smallest absolute Gasteiger partial charge is 0.278 e. The summed E-state index contributed by atoms with van der Waals surface area (Å²) in [6.07, 6.45) is 2.18. The molecule has 2 aromatic heterocycles. The minimum absolute atomic E-state index is 0.0748. The van der Waals surface area contributed by atoms with E-state index in [4.69, 9.17) is 9.47 Å². The van der Waals surface area contributed by atoms with Crippen molar-refractivity contribution in [3.8, 4) is 16.3 Å². The van der Waals surface area contributed by atoms with E-state index in [0.29, 0.717) is 31.2 Å². The van der Waals surface area contributed by atoms with E-state index in [1.54, 1.807) is 4.90 Å². The van der Waals surface area contributed by atoms with Gasteiger partial charge in [0.1, 0.15) is 23.2 Å². The molecular formula is C28H25F2N5O4S. The van der Waals surface area contributed by atoms with E-state index in [2.05, 4.69) is 15.6 Å². The van der Waals surface area contributed by atoms with Gasteiger partial charge in [-0.1, -0.05) is 47.7 Å². The zero-order chi connectivity index (χ0) is 27.9. The third-order valence-corrected chi connectivity index (χ3v) is 8.01. The molecule has 9 nitrogen and oxygen atoms in total. The molecule has 1 saturated heterocycles. The Morgan fingerprint density at radius 3 is 2.70 bits per heavy atom. The summed E-state index contributed by atoms with van der Waals surface area (Å²) in [7, 11) is 0. The van der Waals surface area contributed by atoms with Crippen molar-refractivity contribution in [3.05, 3.63) is 98.4 Å². The van der Waals surface area contributed by atoms with Gasteiger partial charge in [0.15, 0.2) is 22.1 Å². The van der Waals surface area contributed by atoms with E-state index < -0.39 is 22.7 Å². The normalized spacial score (nSPS) is 18.2. The fourth-order valence-electron chi connectivity index (χ4n) is 5.07. The van der Waals surface area contributed by atoms with Crippen LogP contribution in [0.1, 0.15) is 40.0 Å². The summed E-state index contributed by atoms with van der Waals surface area (Å²) in [5, 5.41) is 9.06. The first-order chi connectivity index (χ1) is 19.4. The second kappa shape index (κ2) is 10.4. The van der Waals surface area contributed by atoms with Crippen LogP contribution in [0.2, 0.25) is 0 Å². The largest absolute Gasteiger partial charge is 0.482 e. The van der Waals surface area contributed by atoms with Gasteiger partial charge in [-0.3, -0.25) is 19.7 Å². The maximum absolute atomic E-state index is 14.2. The van der Waals surface area contributed by atoms with Crippen LogP contribution in [0.5, 0.6) is 5.75 Å². The number of hydrogen-bond acceptors (Lipinski definition) is 8. The van der Waals surface area contributed by atoms with Crippen molar-refractivity contribution in [2.45, 2.75) is 32.0 Å². The number of pyridine rings is 1. The molecule has 2 aliphatic rings. The van der Waals surface area contributed by atoms with Gasteiger partial charge in [-0.05, 0) is 24.1 Å². The highest BCUT2D eigenvalue weighted by atomic mass is 32.1. The molecule has 206 valence electrons. The lowest BCUT2D eigenvalue weighted by atomic mass is 10.0. The molecule has 1 spiro atoms. The Morgan fingerprint density at radius 2 is 1.98 bits per heavy atom. The van der Waals surface area contributed by atoms with E-state index in [-0.39, 0.29) is 46.5 Å². The van der Waals surface area contributed by atoms with Crippen LogP contribution in [0.3, 0.4) is 0 Å². The zero-order valence-corrected chi connectivity index (χ0v) is 22.3. The molecule has 1 unspecified atom stereocenters. The topological polar surface area (TPSA) is 98.6 Å². The van der Waals surface area contributed by atoms with E-state index in [1.165, 1.54) is 23.0 Å². The fourth-order valence-corrected chi connectivity index (χ4v) is 5.94. The molecule has 2 aromatic carbocycles. The van der Waals surface area contributed by atoms with Crippen molar-refractivity contribution in [1.82, 2.24) is 19.8 Å². The summed E-state index contributed by atoms with van der Waals surface area (Å²) in [6.45, 7) is 3.13. The predicted octanol–water partition coefficient (Wildman–Crippen LogP) is 3.95. The van der Waals surface area contributed by atoms with E-state index in [1.807, 2.05) is 37.3 Å². The molecule has 40 heavy (non-hydrogen) atoms. The number of rotatable bonds is 7. The lowest BCUT2D eigenvalue weighted by Gasteiger charge is -2.45. The van der Waals surface area contributed by atoms with Crippen LogP contribution in [0.4, 0.5) is 8.78 Å². The number of benzene rings is 2. The molecular weight excluding hydrogens is 540 g/mol. The van der Waals surface area contributed by atoms with Crippen molar-refractivity contribution in [2.75, 3.05) is 25.2 Å². The monoisotopic (exact) mass is 565 g/mol. The van der Waals surface area contributed by atoms with Crippen LogP contribution >= 0.6 is 11.3 Å². The molecule has 1 amide bonds. The Morgan fingerprint density at radius 1 is 1.15 bits per heavy atom. The van der Waals surface area contributed by atoms with Crippen molar-refractivity contribution in [1.29, 1.82) is 0 Å². The number of ether oxygens (including phenoxy) is 2. The number of likely N-dealkylation sites (N-methyl/N-ethyl adjacent to an activating group) is 1. The minimum Gasteiger partial charge on any atom is -0.482 e. The molecule has 1 N–H and O–H groups in total. The van der Waals surface area contributed by atoms with Crippen LogP contribution in [-0.2, 0) is 17.8 Å². The zero-order valence-electron chi connectivity index (χ0n) is 21.5. The average Bonchev–Trinajstić information content (AvgIpc) is 3.61. The molecule has 4 aromatic rings. The molecule has 1 fully saturated rings. The van der Waals surface area contributed by atoms with Gasteiger partial charge in [-0.15, -0.1) is 10.2 Å². The standard InChI is InChI=1S/C28H25F2N5O4S/c1-2-34-27(37)23-25(39-15-17-6-4-3-5-7-17)24(36)20(14-35(23)33-28(34)10-11-38-16-28)26-32-31-22(40-26)12-18-8-9-19(29)13-21(18)30/h3-9,13-14,33H,2,10-12,15-16H2,1H3. The van der Waals surface area contributed by atoms with Crippen molar-refractivity contribution < 1.29 is 23.0 Å². The number of nitrogens with zero attached hydrogens (tertiary/aromatic N) is 4. The van der Waals surface area contributed by atoms with Crippen molar-refractivity contribution in [2.24, 2.45) is 0 Å². The van der Waals surface area contributed by atoms with Gasteiger partial charge < -0.3 is 14.4 Å². The number of nitrogens with one attached hydrogen (secondary N) is 1. The first kappa shape index (κ1) is 26.1. The Labute approximate surface area is 232 Å². The molecule has 0 saturated carbocycles. The average molecular weight is 566 g/mol. The number of hydrogen-bond donors (Lipinski definition) is 1. The summed E-state index contributed by atoms with van der Waals surface area (Å²) in [5.74, 6) is -1.80. The van der Waals surface area contributed by atoms with Crippen LogP contribution in [0.15, 0.2) is 59.5 Å². The Bertz CT molecular complexity index is 1640. The van der Waals surface area contributed by atoms with E-state index in [9.17, 15) is 18.4 Å². The lowest BCUT2D eigenvalue weighted by Crippen LogP contribution is -2.64. The summed E-state index contributed by atoms with van der Waals surface area (Å²) in [4.78, 5) is 29.3. The molecule has 2 aliphatic heterocycles. The summed E-state index contributed by atoms with van der Waals surface area (Å²) >= 11 is 1.11. The van der Waals surface area contributed by atoms with Crippen molar-refractivity contribution >= 4 is 17.2 Å². The number of amides is 1. The third kappa shape index (κ3) is 4.62. The van der Waals surface area contributed by atoms with Gasteiger partial charge in [0, 0.05) is 31.6 Å². The maximum Gasteiger partial charge on any atom is 0.278 e. The highest BCUT2D eigenvalue weighted by Gasteiger charge is 2.48. The fraction of sp³-hybridized carbons (Fsp3) is 0.286. The van der Waals surface area contributed by atoms with Crippen LogP contribution in [0, 0.1) is 11.6 Å². The molecule has 0 radical (unpaired) electrons. The summed E-state index contributed by atoms with van der Waals surface area (Å²) in [6, 6.07) is 12.7. The Balaban J connectivity index is 1.42. The highest BCUT2D eigenvalue weighted by Crippen LogP contribution is 2.34. The maximum atomic E-state index is 14.2. The van der Waals surface area contributed by atoms with Gasteiger partial charge in [0.25, 0.3) is 5.91 Å². The van der Waals surface area contributed by atoms with Crippen LogP contribution in [0.25, 0.3) is 10.6 Å².